The number of carbonyl (C=O) groups excluding carboxylic acids is 1. The van der Waals surface area contributed by atoms with Crippen LogP contribution in [0.1, 0.15) is 34.6 Å². The minimum absolute atomic E-state index is 0. The first-order valence-corrected chi connectivity index (χ1v) is 8.87. The molecule has 1 fully saturated rings. The van der Waals surface area contributed by atoms with Crippen LogP contribution in [0.2, 0.25) is 0 Å². The fourth-order valence-corrected chi connectivity index (χ4v) is 3.68. The number of nitrogens with zero attached hydrogens (tertiary/aromatic N) is 1. The molecule has 1 amide bonds. The van der Waals surface area contributed by atoms with Crippen LogP contribution in [0, 0.1) is 5.92 Å². The summed E-state index contributed by atoms with van der Waals surface area (Å²) in [4.78, 5) is 13.6. The molecule has 0 bridgehead atoms. The highest BCUT2D eigenvalue weighted by Gasteiger charge is 2.14. The molecule has 1 saturated heterocycles. The molecule has 0 radical (unpaired) electrons. The van der Waals surface area contributed by atoms with Gasteiger partial charge in [0.25, 0.3) is 5.91 Å². The molecule has 2 N–H and O–H groups in total. The van der Waals surface area contributed by atoms with Gasteiger partial charge in [-0.2, -0.15) is 0 Å². The molecule has 0 aliphatic carbocycles. The standard InChI is InChI=1S/C17H23N3OS.ClH/c21-17(19-9-7-14-4-1-8-18-12-14)16-6-2-10-20(16)13-15-5-3-11-22-15;/h2-3,5-6,10-11,14,18H,1,4,7-9,12-13H2,(H,19,21);1H. The van der Waals surface area contributed by atoms with Gasteiger partial charge in [-0.25, -0.2) is 0 Å². The van der Waals surface area contributed by atoms with E-state index in [1.165, 1.54) is 17.7 Å². The molecule has 3 heterocycles. The Bertz CT molecular complexity index is 591. The highest BCUT2D eigenvalue weighted by atomic mass is 35.5. The van der Waals surface area contributed by atoms with Gasteiger partial charge in [-0.3, -0.25) is 4.79 Å². The van der Waals surface area contributed by atoms with Crippen molar-refractivity contribution < 1.29 is 4.79 Å². The van der Waals surface area contributed by atoms with Gasteiger partial charge in [0.2, 0.25) is 0 Å². The van der Waals surface area contributed by atoms with E-state index in [2.05, 4.69) is 22.1 Å². The number of aromatic nitrogens is 1. The van der Waals surface area contributed by atoms with E-state index in [9.17, 15) is 4.79 Å². The summed E-state index contributed by atoms with van der Waals surface area (Å²) < 4.78 is 2.02. The Balaban J connectivity index is 0.00000192. The van der Waals surface area contributed by atoms with E-state index in [-0.39, 0.29) is 18.3 Å². The molecule has 1 unspecified atom stereocenters. The van der Waals surface area contributed by atoms with Crippen molar-refractivity contribution in [1.29, 1.82) is 0 Å². The van der Waals surface area contributed by atoms with Gasteiger partial charge in [0.1, 0.15) is 5.69 Å². The molecule has 2 aromatic rings. The first kappa shape index (κ1) is 18.0. The summed E-state index contributed by atoms with van der Waals surface area (Å²) in [6.45, 7) is 3.75. The molecule has 6 heteroatoms. The summed E-state index contributed by atoms with van der Waals surface area (Å²) >= 11 is 1.72. The quantitative estimate of drug-likeness (QED) is 0.838. The van der Waals surface area contributed by atoms with Crippen molar-refractivity contribution in [1.82, 2.24) is 15.2 Å². The number of thiophene rings is 1. The van der Waals surface area contributed by atoms with Gasteiger partial charge in [0, 0.05) is 17.6 Å². The molecule has 126 valence electrons. The van der Waals surface area contributed by atoms with Crippen molar-refractivity contribution in [2.75, 3.05) is 19.6 Å². The Hall–Kier alpha value is -1.30. The van der Waals surface area contributed by atoms with Crippen molar-refractivity contribution >= 4 is 29.7 Å². The van der Waals surface area contributed by atoms with Crippen LogP contribution in [0.25, 0.3) is 0 Å². The van der Waals surface area contributed by atoms with Gasteiger partial charge in [-0.1, -0.05) is 6.07 Å². The van der Waals surface area contributed by atoms with Crippen LogP contribution in [-0.4, -0.2) is 30.1 Å². The third kappa shape index (κ3) is 5.09. The summed E-state index contributed by atoms with van der Waals surface area (Å²) in [5.74, 6) is 0.734. The third-order valence-corrected chi connectivity index (χ3v) is 5.07. The lowest BCUT2D eigenvalue weighted by molar-refractivity contribution is 0.0942. The lowest BCUT2D eigenvalue weighted by Gasteiger charge is -2.22. The molecule has 1 atom stereocenters. The number of carbonyl (C=O) groups is 1. The zero-order valence-electron chi connectivity index (χ0n) is 13.2. The summed E-state index contributed by atoms with van der Waals surface area (Å²) in [6, 6.07) is 7.97. The third-order valence-electron chi connectivity index (χ3n) is 4.21. The average Bonchev–Trinajstić information content (AvgIpc) is 3.20. The SMILES string of the molecule is Cl.O=C(NCCC1CCCNC1)c1cccn1Cc1cccs1. The Labute approximate surface area is 147 Å². The van der Waals surface area contributed by atoms with Crippen molar-refractivity contribution in [3.63, 3.8) is 0 Å². The molecular weight excluding hydrogens is 330 g/mol. The number of amides is 1. The van der Waals surface area contributed by atoms with E-state index >= 15 is 0 Å². The van der Waals surface area contributed by atoms with E-state index in [1.807, 2.05) is 29.0 Å². The topological polar surface area (TPSA) is 46.1 Å². The van der Waals surface area contributed by atoms with Gasteiger partial charge in [-0.15, -0.1) is 23.7 Å². The molecule has 23 heavy (non-hydrogen) atoms. The predicted octanol–water partition coefficient (Wildman–Crippen LogP) is 3.14. The molecule has 0 aromatic carbocycles. The molecular formula is C17H24ClN3OS. The zero-order chi connectivity index (χ0) is 15.2. The molecule has 3 rings (SSSR count). The molecule has 0 saturated carbocycles. The summed E-state index contributed by atoms with van der Waals surface area (Å²) in [5, 5.41) is 8.55. The van der Waals surface area contributed by atoms with Crippen LogP contribution < -0.4 is 10.6 Å². The van der Waals surface area contributed by atoms with Crippen LogP contribution in [0.3, 0.4) is 0 Å². The summed E-state index contributed by atoms with van der Waals surface area (Å²) in [7, 11) is 0. The average molecular weight is 354 g/mol. The smallest absolute Gasteiger partial charge is 0.267 e. The minimum Gasteiger partial charge on any atom is -0.351 e. The van der Waals surface area contributed by atoms with Crippen LogP contribution in [0.4, 0.5) is 0 Å². The van der Waals surface area contributed by atoms with Crippen molar-refractivity contribution in [3.05, 3.63) is 46.4 Å². The number of rotatable bonds is 6. The molecule has 0 spiro atoms. The van der Waals surface area contributed by atoms with E-state index in [0.717, 1.165) is 38.3 Å². The first-order chi connectivity index (χ1) is 10.8. The van der Waals surface area contributed by atoms with Gasteiger partial charge >= 0.3 is 0 Å². The monoisotopic (exact) mass is 353 g/mol. The number of hydrogen-bond donors (Lipinski definition) is 2. The minimum atomic E-state index is 0. The molecule has 1 aliphatic rings. The number of halogens is 1. The van der Waals surface area contributed by atoms with Crippen LogP contribution in [-0.2, 0) is 6.54 Å². The van der Waals surface area contributed by atoms with Gasteiger partial charge in [-0.05, 0) is 61.8 Å². The normalized spacial score (nSPS) is 17.5. The van der Waals surface area contributed by atoms with E-state index < -0.39 is 0 Å². The molecule has 1 aliphatic heterocycles. The lowest BCUT2D eigenvalue weighted by atomic mass is 9.96. The second kappa shape index (κ2) is 9.11. The second-order valence-electron chi connectivity index (χ2n) is 5.86. The van der Waals surface area contributed by atoms with E-state index in [1.54, 1.807) is 11.3 Å². The highest BCUT2D eigenvalue weighted by Crippen LogP contribution is 2.14. The maximum Gasteiger partial charge on any atom is 0.267 e. The summed E-state index contributed by atoms with van der Waals surface area (Å²) in [6.07, 6.45) is 5.56. The van der Waals surface area contributed by atoms with Crippen LogP contribution in [0.15, 0.2) is 35.8 Å². The summed E-state index contributed by atoms with van der Waals surface area (Å²) in [5.41, 5.74) is 0.746. The Morgan fingerprint density at radius 1 is 1.39 bits per heavy atom. The van der Waals surface area contributed by atoms with E-state index in [4.69, 9.17) is 0 Å². The maximum absolute atomic E-state index is 12.4. The fourth-order valence-electron chi connectivity index (χ4n) is 2.98. The first-order valence-electron chi connectivity index (χ1n) is 7.99. The Kier molecular flexibility index (Phi) is 7.15. The maximum atomic E-state index is 12.4. The number of hydrogen-bond acceptors (Lipinski definition) is 3. The number of piperidine rings is 1. The Morgan fingerprint density at radius 3 is 3.04 bits per heavy atom. The molecule has 4 nitrogen and oxygen atoms in total. The van der Waals surface area contributed by atoms with Gasteiger partial charge in [0.05, 0.1) is 6.54 Å². The van der Waals surface area contributed by atoms with Gasteiger partial charge < -0.3 is 15.2 Å². The fraction of sp³-hybridized carbons (Fsp3) is 0.471. The van der Waals surface area contributed by atoms with Crippen molar-refractivity contribution in [2.45, 2.75) is 25.8 Å². The lowest BCUT2D eigenvalue weighted by Crippen LogP contribution is -2.33. The number of nitrogens with one attached hydrogen (secondary N) is 2. The highest BCUT2D eigenvalue weighted by molar-refractivity contribution is 7.09. The Morgan fingerprint density at radius 2 is 2.30 bits per heavy atom. The second-order valence-corrected chi connectivity index (χ2v) is 6.89. The van der Waals surface area contributed by atoms with E-state index in [0.29, 0.717) is 5.92 Å². The van der Waals surface area contributed by atoms with Crippen LogP contribution >= 0.6 is 23.7 Å². The zero-order valence-corrected chi connectivity index (χ0v) is 14.8. The van der Waals surface area contributed by atoms with Crippen molar-refractivity contribution in [2.24, 2.45) is 5.92 Å². The van der Waals surface area contributed by atoms with Crippen molar-refractivity contribution in [3.8, 4) is 0 Å². The van der Waals surface area contributed by atoms with Crippen LogP contribution in [0.5, 0.6) is 0 Å². The largest absolute Gasteiger partial charge is 0.351 e. The molecule has 2 aromatic heterocycles. The predicted molar refractivity (Wildman–Crippen MR) is 97.6 cm³/mol. The van der Waals surface area contributed by atoms with Gasteiger partial charge in [0.15, 0.2) is 0 Å².